The molecule has 0 fully saturated rings. The molecule has 0 aliphatic heterocycles. The van der Waals surface area contributed by atoms with Crippen molar-refractivity contribution < 1.29 is 0 Å². The summed E-state index contributed by atoms with van der Waals surface area (Å²) >= 11 is 0. The summed E-state index contributed by atoms with van der Waals surface area (Å²) in [5.74, 6) is 0.549. The van der Waals surface area contributed by atoms with Crippen LogP contribution in [0.5, 0.6) is 0 Å². The maximum Gasteiger partial charge on any atom is 0.259 e. The molecule has 4 aromatic rings. The minimum Gasteiger partial charge on any atom is -0.306 e. The molecule has 106 valence electrons. The molecule has 22 heavy (non-hydrogen) atoms. The van der Waals surface area contributed by atoms with E-state index in [1.165, 1.54) is 0 Å². The lowest BCUT2D eigenvalue weighted by atomic mass is 10.1. The van der Waals surface area contributed by atoms with Gasteiger partial charge in [-0.25, -0.2) is 9.97 Å². The summed E-state index contributed by atoms with van der Waals surface area (Å²) in [6, 6.07) is 15.1. The second-order valence-electron chi connectivity index (χ2n) is 4.92. The number of fused-ring (bicyclic) bond motifs is 1. The fourth-order valence-electron chi connectivity index (χ4n) is 2.51. The first kappa shape index (κ1) is 12.5. The van der Waals surface area contributed by atoms with Gasteiger partial charge in [0.25, 0.3) is 5.56 Å². The molecule has 2 aromatic carbocycles. The van der Waals surface area contributed by atoms with Crippen molar-refractivity contribution in [2.45, 2.75) is 0 Å². The van der Waals surface area contributed by atoms with Gasteiger partial charge in [-0.3, -0.25) is 4.79 Å². The SMILES string of the molecule is O=c1[nH]c(-c2ccccc2-n2ccnc2)nc2ccccc12. The van der Waals surface area contributed by atoms with Gasteiger partial charge in [-0.1, -0.05) is 24.3 Å². The van der Waals surface area contributed by atoms with E-state index in [2.05, 4.69) is 15.0 Å². The second-order valence-corrected chi connectivity index (χ2v) is 4.92. The zero-order valence-electron chi connectivity index (χ0n) is 11.6. The maximum atomic E-state index is 12.3. The van der Waals surface area contributed by atoms with Crippen molar-refractivity contribution in [1.29, 1.82) is 0 Å². The van der Waals surface area contributed by atoms with Crippen LogP contribution in [-0.4, -0.2) is 19.5 Å². The minimum absolute atomic E-state index is 0.138. The van der Waals surface area contributed by atoms with Crippen molar-refractivity contribution in [3.8, 4) is 17.1 Å². The number of aromatic nitrogens is 4. The van der Waals surface area contributed by atoms with Gasteiger partial charge >= 0.3 is 0 Å². The Morgan fingerprint density at radius 3 is 2.68 bits per heavy atom. The molecule has 4 rings (SSSR count). The molecule has 2 heterocycles. The molecule has 1 N–H and O–H groups in total. The zero-order chi connectivity index (χ0) is 14.9. The van der Waals surface area contributed by atoms with E-state index >= 15 is 0 Å². The molecule has 0 spiro atoms. The molecule has 0 aliphatic carbocycles. The molecule has 0 atom stereocenters. The average Bonchev–Trinajstić information content (AvgIpc) is 3.09. The summed E-state index contributed by atoms with van der Waals surface area (Å²) in [5, 5.41) is 0.589. The fourth-order valence-corrected chi connectivity index (χ4v) is 2.51. The number of imidazole rings is 1. The Morgan fingerprint density at radius 2 is 1.82 bits per heavy atom. The molecule has 0 amide bonds. The maximum absolute atomic E-state index is 12.3. The summed E-state index contributed by atoms with van der Waals surface area (Å²) in [5.41, 5.74) is 2.31. The summed E-state index contributed by atoms with van der Waals surface area (Å²) in [4.78, 5) is 23.8. The third-order valence-electron chi connectivity index (χ3n) is 3.55. The minimum atomic E-state index is -0.138. The third-order valence-corrected chi connectivity index (χ3v) is 3.55. The van der Waals surface area contributed by atoms with Gasteiger partial charge in [-0.2, -0.15) is 0 Å². The lowest BCUT2D eigenvalue weighted by Gasteiger charge is -2.10. The first-order chi connectivity index (χ1) is 10.8. The Morgan fingerprint density at radius 1 is 1.00 bits per heavy atom. The number of para-hydroxylation sites is 2. The van der Waals surface area contributed by atoms with Gasteiger partial charge in [0.05, 0.1) is 22.9 Å². The highest BCUT2D eigenvalue weighted by Crippen LogP contribution is 2.23. The van der Waals surface area contributed by atoms with Gasteiger partial charge in [-0.05, 0) is 24.3 Å². The van der Waals surface area contributed by atoms with Crippen LogP contribution in [0.15, 0.2) is 72.0 Å². The molecule has 5 nitrogen and oxygen atoms in total. The molecular formula is C17H12N4O. The van der Waals surface area contributed by atoms with E-state index in [1.807, 2.05) is 53.2 Å². The number of benzene rings is 2. The quantitative estimate of drug-likeness (QED) is 0.617. The van der Waals surface area contributed by atoms with Crippen molar-refractivity contribution >= 4 is 10.9 Å². The van der Waals surface area contributed by atoms with Crippen LogP contribution in [0, 0.1) is 0 Å². The van der Waals surface area contributed by atoms with Crippen molar-refractivity contribution in [3.05, 3.63) is 77.6 Å². The number of aromatic amines is 1. The van der Waals surface area contributed by atoms with Crippen LogP contribution < -0.4 is 5.56 Å². The Bertz CT molecular complexity index is 1000. The first-order valence-electron chi connectivity index (χ1n) is 6.90. The van der Waals surface area contributed by atoms with E-state index < -0.39 is 0 Å². The standard InChI is InChI=1S/C17H12N4O/c22-17-12-5-1-3-7-14(12)19-16(20-17)13-6-2-4-8-15(13)21-10-9-18-11-21/h1-11H,(H,19,20,22). The number of hydrogen-bond donors (Lipinski definition) is 1. The van der Waals surface area contributed by atoms with Crippen LogP contribution in [0.2, 0.25) is 0 Å². The Labute approximate surface area is 125 Å². The van der Waals surface area contributed by atoms with Crippen molar-refractivity contribution in [3.63, 3.8) is 0 Å². The Balaban J connectivity index is 1.99. The number of hydrogen-bond acceptors (Lipinski definition) is 3. The summed E-state index contributed by atoms with van der Waals surface area (Å²) in [7, 11) is 0. The molecule has 5 heteroatoms. The normalized spacial score (nSPS) is 10.9. The molecule has 0 aliphatic rings. The lowest BCUT2D eigenvalue weighted by molar-refractivity contribution is 1.05. The highest BCUT2D eigenvalue weighted by molar-refractivity contribution is 5.80. The largest absolute Gasteiger partial charge is 0.306 e. The van der Waals surface area contributed by atoms with Crippen molar-refractivity contribution in [2.24, 2.45) is 0 Å². The van der Waals surface area contributed by atoms with Crippen LogP contribution in [0.1, 0.15) is 0 Å². The van der Waals surface area contributed by atoms with Crippen LogP contribution in [0.3, 0.4) is 0 Å². The predicted molar refractivity (Wildman–Crippen MR) is 84.9 cm³/mol. The summed E-state index contributed by atoms with van der Waals surface area (Å²) < 4.78 is 1.89. The molecule has 0 bridgehead atoms. The lowest BCUT2D eigenvalue weighted by Crippen LogP contribution is -2.10. The molecule has 0 unspecified atom stereocenters. The van der Waals surface area contributed by atoms with Gasteiger partial charge in [0, 0.05) is 18.0 Å². The third kappa shape index (κ3) is 2.00. The first-order valence-corrected chi connectivity index (χ1v) is 6.90. The van der Waals surface area contributed by atoms with E-state index in [0.717, 1.165) is 11.3 Å². The number of H-pyrrole nitrogens is 1. The highest BCUT2D eigenvalue weighted by atomic mass is 16.1. The van der Waals surface area contributed by atoms with Crippen LogP contribution >= 0.6 is 0 Å². The summed E-state index contributed by atoms with van der Waals surface area (Å²) in [6.07, 6.45) is 5.29. The highest BCUT2D eigenvalue weighted by Gasteiger charge is 2.10. The smallest absolute Gasteiger partial charge is 0.259 e. The molecule has 0 saturated carbocycles. The van der Waals surface area contributed by atoms with E-state index in [4.69, 9.17) is 0 Å². The summed E-state index contributed by atoms with van der Waals surface area (Å²) in [6.45, 7) is 0. The number of nitrogens with one attached hydrogen (secondary N) is 1. The second kappa shape index (κ2) is 4.96. The van der Waals surface area contributed by atoms with Gasteiger partial charge in [0.15, 0.2) is 0 Å². The van der Waals surface area contributed by atoms with E-state index in [1.54, 1.807) is 18.6 Å². The van der Waals surface area contributed by atoms with E-state index in [0.29, 0.717) is 16.7 Å². The Hall–Kier alpha value is -3.21. The average molecular weight is 288 g/mol. The van der Waals surface area contributed by atoms with Crippen LogP contribution in [0.25, 0.3) is 28.0 Å². The predicted octanol–water partition coefficient (Wildman–Crippen LogP) is 2.78. The van der Waals surface area contributed by atoms with Gasteiger partial charge in [0.2, 0.25) is 0 Å². The van der Waals surface area contributed by atoms with Crippen LogP contribution in [-0.2, 0) is 0 Å². The molecule has 2 aromatic heterocycles. The van der Waals surface area contributed by atoms with E-state index in [9.17, 15) is 4.79 Å². The van der Waals surface area contributed by atoms with Gasteiger partial charge < -0.3 is 9.55 Å². The van der Waals surface area contributed by atoms with E-state index in [-0.39, 0.29) is 5.56 Å². The van der Waals surface area contributed by atoms with Gasteiger partial charge in [0.1, 0.15) is 5.82 Å². The van der Waals surface area contributed by atoms with Gasteiger partial charge in [-0.15, -0.1) is 0 Å². The topological polar surface area (TPSA) is 63.6 Å². The number of rotatable bonds is 2. The molecule has 0 radical (unpaired) electrons. The van der Waals surface area contributed by atoms with Crippen molar-refractivity contribution in [1.82, 2.24) is 19.5 Å². The van der Waals surface area contributed by atoms with Crippen molar-refractivity contribution in [2.75, 3.05) is 0 Å². The fraction of sp³-hybridized carbons (Fsp3) is 0. The Kier molecular flexibility index (Phi) is 2.83. The molecule has 0 saturated heterocycles. The molecular weight excluding hydrogens is 276 g/mol. The number of nitrogens with zero attached hydrogens (tertiary/aromatic N) is 3. The zero-order valence-corrected chi connectivity index (χ0v) is 11.6. The van der Waals surface area contributed by atoms with Crippen LogP contribution in [0.4, 0.5) is 0 Å². The monoisotopic (exact) mass is 288 g/mol.